The molecule has 0 aromatic heterocycles. The fourth-order valence-corrected chi connectivity index (χ4v) is 6.39. The van der Waals surface area contributed by atoms with Crippen molar-refractivity contribution in [3.63, 3.8) is 0 Å². The van der Waals surface area contributed by atoms with Gasteiger partial charge in [-0.3, -0.25) is 13.9 Å². The predicted octanol–water partition coefficient (Wildman–Crippen LogP) is 5.55. The van der Waals surface area contributed by atoms with Crippen molar-refractivity contribution in [1.82, 2.24) is 10.2 Å². The molecule has 44 heavy (non-hydrogen) atoms. The van der Waals surface area contributed by atoms with Gasteiger partial charge in [0.2, 0.25) is 11.8 Å². The lowest BCUT2D eigenvalue weighted by Crippen LogP contribution is -2.53. The first kappa shape index (κ1) is 34.4. The van der Waals surface area contributed by atoms with Gasteiger partial charge in [0, 0.05) is 18.7 Å². The number of hydrogen-bond donors (Lipinski definition) is 1. The molecule has 0 saturated heterocycles. The Kier molecular flexibility index (Phi) is 11.8. The number of anilines is 1. The van der Waals surface area contributed by atoms with Crippen molar-refractivity contribution < 1.29 is 27.5 Å². The fraction of sp³-hybridized carbons (Fsp3) is 0.412. The summed E-state index contributed by atoms with van der Waals surface area (Å²) in [4.78, 5) is 29.2. The molecular formula is C34H45N3O6S. The van der Waals surface area contributed by atoms with Crippen LogP contribution in [0.2, 0.25) is 0 Å². The van der Waals surface area contributed by atoms with Crippen LogP contribution in [0.15, 0.2) is 65.6 Å². The van der Waals surface area contributed by atoms with E-state index in [4.69, 9.17) is 9.47 Å². The Balaban J connectivity index is 2.13. The molecular weight excluding hydrogens is 578 g/mol. The number of nitrogens with one attached hydrogen (secondary N) is 1. The average molecular weight is 624 g/mol. The van der Waals surface area contributed by atoms with Gasteiger partial charge in [-0.2, -0.15) is 0 Å². The van der Waals surface area contributed by atoms with Crippen LogP contribution in [-0.2, 0) is 26.2 Å². The molecule has 9 nitrogen and oxygen atoms in total. The molecule has 0 radical (unpaired) electrons. The molecule has 0 saturated carbocycles. The summed E-state index contributed by atoms with van der Waals surface area (Å²) in [5, 5.41) is 3.00. The Hall–Kier alpha value is -4.05. The molecule has 0 spiro atoms. The number of nitrogens with zero attached hydrogens (tertiary/aromatic N) is 2. The Bertz CT molecular complexity index is 1540. The first-order chi connectivity index (χ1) is 20.8. The van der Waals surface area contributed by atoms with Gasteiger partial charge in [0.05, 0.1) is 24.8 Å². The number of amides is 2. The van der Waals surface area contributed by atoms with Crippen molar-refractivity contribution in [1.29, 1.82) is 0 Å². The van der Waals surface area contributed by atoms with Gasteiger partial charge in [-0.1, -0.05) is 49.7 Å². The maximum atomic E-state index is 14.3. The van der Waals surface area contributed by atoms with Crippen LogP contribution in [0, 0.1) is 20.8 Å². The van der Waals surface area contributed by atoms with E-state index in [1.54, 1.807) is 12.1 Å². The van der Waals surface area contributed by atoms with Gasteiger partial charge in [0.1, 0.15) is 12.6 Å². The van der Waals surface area contributed by atoms with E-state index < -0.39 is 28.5 Å². The molecule has 0 unspecified atom stereocenters. The Morgan fingerprint density at radius 1 is 0.818 bits per heavy atom. The van der Waals surface area contributed by atoms with Gasteiger partial charge in [-0.25, -0.2) is 8.42 Å². The van der Waals surface area contributed by atoms with Crippen molar-refractivity contribution >= 4 is 27.5 Å². The van der Waals surface area contributed by atoms with Gasteiger partial charge >= 0.3 is 0 Å². The summed E-state index contributed by atoms with van der Waals surface area (Å²) in [6.07, 6.45) is 1.09. The van der Waals surface area contributed by atoms with E-state index in [0.717, 1.165) is 33.0 Å². The van der Waals surface area contributed by atoms with Crippen LogP contribution in [-0.4, -0.2) is 58.0 Å². The van der Waals surface area contributed by atoms with Crippen LogP contribution in [0.25, 0.3) is 0 Å². The van der Waals surface area contributed by atoms with Gasteiger partial charge in [-0.15, -0.1) is 0 Å². The molecule has 3 aromatic rings. The number of sulfonamides is 1. The van der Waals surface area contributed by atoms with Gasteiger partial charge < -0.3 is 19.7 Å². The normalized spacial score (nSPS) is 12.6. The second-order valence-corrected chi connectivity index (χ2v) is 13.0. The minimum absolute atomic E-state index is 0.0613. The van der Waals surface area contributed by atoms with E-state index >= 15 is 0 Å². The predicted molar refractivity (Wildman–Crippen MR) is 174 cm³/mol. The quantitative estimate of drug-likeness (QED) is 0.253. The summed E-state index contributed by atoms with van der Waals surface area (Å²) in [5.41, 5.74) is 3.93. The van der Waals surface area contributed by atoms with Crippen LogP contribution in [0.5, 0.6) is 11.5 Å². The third-order valence-electron chi connectivity index (χ3n) is 7.58. The highest BCUT2D eigenvalue weighted by Crippen LogP contribution is 2.33. The molecule has 0 bridgehead atoms. The minimum atomic E-state index is -4.28. The van der Waals surface area contributed by atoms with E-state index in [-0.39, 0.29) is 29.1 Å². The molecule has 10 heteroatoms. The molecule has 1 N–H and O–H groups in total. The van der Waals surface area contributed by atoms with Crippen molar-refractivity contribution in [3.8, 4) is 11.5 Å². The highest BCUT2D eigenvalue weighted by molar-refractivity contribution is 7.92. The molecule has 0 fully saturated rings. The topological polar surface area (TPSA) is 105 Å². The number of benzene rings is 3. The molecule has 0 aliphatic heterocycles. The van der Waals surface area contributed by atoms with Crippen molar-refractivity contribution in [3.05, 3.63) is 82.9 Å². The molecule has 2 atom stereocenters. The lowest BCUT2D eigenvalue weighted by molar-refractivity contribution is -0.140. The van der Waals surface area contributed by atoms with Crippen LogP contribution < -0.4 is 19.1 Å². The summed E-state index contributed by atoms with van der Waals surface area (Å²) in [5.74, 6) is -0.153. The zero-order valence-corrected chi connectivity index (χ0v) is 27.8. The summed E-state index contributed by atoms with van der Waals surface area (Å²) in [6, 6.07) is 16.6. The van der Waals surface area contributed by atoms with Crippen LogP contribution in [0.1, 0.15) is 55.9 Å². The molecule has 3 aromatic carbocycles. The molecule has 238 valence electrons. The van der Waals surface area contributed by atoms with Crippen molar-refractivity contribution in [2.75, 3.05) is 25.1 Å². The second-order valence-electron chi connectivity index (χ2n) is 11.1. The largest absolute Gasteiger partial charge is 0.493 e. The highest BCUT2D eigenvalue weighted by atomic mass is 32.2. The van der Waals surface area contributed by atoms with Crippen LogP contribution >= 0.6 is 0 Å². The zero-order valence-electron chi connectivity index (χ0n) is 27.0. The number of rotatable bonds is 14. The standard InChI is InChI=1S/C34H45N3O6S/c1-9-26(6)35-34(39)30(10-2)36(21-27-13-11-23(3)12-14-27)33(38)22-37(28-18-24(4)17-25(5)19-28)44(40,41)29-15-16-31(42-7)32(20-29)43-8/h11-20,26,30H,9-10,21-22H2,1-8H3,(H,35,39)/t26-,30+/m1/s1. The van der Waals surface area contributed by atoms with Crippen molar-refractivity contribution in [2.24, 2.45) is 0 Å². The monoisotopic (exact) mass is 623 g/mol. The van der Waals surface area contributed by atoms with Crippen molar-refractivity contribution in [2.45, 2.75) is 77.9 Å². The minimum Gasteiger partial charge on any atom is -0.493 e. The van der Waals surface area contributed by atoms with E-state index in [9.17, 15) is 18.0 Å². The Morgan fingerprint density at radius 2 is 1.43 bits per heavy atom. The average Bonchev–Trinajstić information content (AvgIpc) is 2.99. The fourth-order valence-electron chi connectivity index (χ4n) is 4.98. The molecule has 0 aliphatic rings. The summed E-state index contributed by atoms with van der Waals surface area (Å²) in [6.45, 7) is 11.1. The highest BCUT2D eigenvalue weighted by Gasteiger charge is 2.34. The van der Waals surface area contributed by atoms with E-state index in [1.165, 1.54) is 37.3 Å². The Morgan fingerprint density at radius 3 is 1.98 bits per heavy atom. The summed E-state index contributed by atoms with van der Waals surface area (Å²) >= 11 is 0. The first-order valence-electron chi connectivity index (χ1n) is 14.8. The number of carbonyl (C=O) groups is 2. The molecule has 3 rings (SSSR count). The molecule has 0 aliphatic carbocycles. The molecule has 0 heterocycles. The maximum absolute atomic E-state index is 14.3. The van der Waals surface area contributed by atoms with Gasteiger partial charge in [0.15, 0.2) is 11.5 Å². The van der Waals surface area contributed by atoms with Gasteiger partial charge in [0.25, 0.3) is 10.0 Å². The van der Waals surface area contributed by atoms with Crippen LogP contribution in [0.3, 0.4) is 0 Å². The zero-order chi connectivity index (χ0) is 32.6. The lowest BCUT2D eigenvalue weighted by Gasteiger charge is -2.34. The van der Waals surface area contributed by atoms with Gasteiger partial charge in [-0.05, 0) is 81.5 Å². The Labute approximate surface area is 262 Å². The first-order valence-corrected chi connectivity index (χ1v) is 16.3. The SMILES string of the molecule is CC[C@@H](C)NC(=O)[C@H](CC)N(Cc1ccc(C)cc1)C(=O)CN(c1cc(C)cc(C)c1)S(=O)(=O)c1ccc(OC)c(OC)c1. The molecule has 2 amide bonds. The van der Waals surface area contributed by atoms with E-state index in [1.807, 2.05) is 71.9 Å². The summed E-state index contributed by atoms with van der Waals surface area (Å²) < 4.78 is 40.4. The summed E-state index contributed by atoms with van der Waals surface area (Å²) in [7, 11) is -1.38. The van der Waals surface area contributed by atoms with E-state index in [2.05, 4.69) is 5.32 Å². The smallest absolute Gasteiger partial charge is 0.264 e. The number of carbonyl (C=O) groups excluding carboxylic acids is 2. The number of methoxy groups -OCH3 is 2. The maximum Gasteiger partial charge on any atom is 0.264 e. The second kappa shape index (κ2) is 15.1. The lowest BCUT2D eigenvalue weighted by atomic mass is 10.1. The number of ether oxygens (including phenoxy) is 2. The number of hydrogen-bond acceptors (Lipinski definition) is 6. The third-order valence-corrected chi connectivity index (χ3v) is 9.35. The van der Waals surface area contributed by atoms with Crippen LogP contribution in [0.4, 0.5) is 5.69 Å². The number of aryl methyl sites for hydroxylation is 3. The van der Waals surface area contributed by atoms with E-state index in [0.29, 0.717) is 17.9 Å². The third kappa shape index (κ3) is 8.31.